The molecule has 0 aliphatic heterocycles. The van der Waals surface area contributed by atoms with Crippen molar-refractivity contribution in [3.63, 3.8) is 0 Å². The van der Waals surface area contributed by atoms with Crippen molar-refractivity contribution >= 4 is 15.7 Å². The van der Waals surface area contributed by atoms with Crippen molar-refractivity contribution in [1.82, 2.24) is 10.0 Å². The van der Waals surface area contributed by atoms with Gasteiger partial charge in [-0.1, -0.05) is 25.7 Å². The molecule has 0 amide bonds. The smallest absolute Gasteiger partial charge is 0.293 e. The summed E-state index contributed by atoms with van der Waals surface area (Å²) in [5.74, 6) is 0.237. The largest absolute Gasteiger partial charge is 0.497 e. The molecule has 0 heterocycles. The molecule has 25 heavy (non-hydrogen) atoms. The topological polar surface area (TPSA) is 111 Å². The summed E-state index contributed by atoms with van der Waals surface area (Å²) in [6.45, 7) is 0.676. The number of ether oxygens (including phenoxy) is 1. The van der Waals surface area contributed by atoms with Gasteiger partial charge >= 0.3 is 0 Å². The molecule has 1 aromatic carbocycles. The van der Waals surface area contributed by atoms with Crippen molar-refractivity contribution in [3.8, 4) is 5.75 Å². The summed E-state index contributed by atoms with van der Waals surface area (Å²) in [6, 6.07) is 4.11. The Hall–Kier alpha value is -1.71. The molecular formula is C16H25N3O5S. The van der Waals surface area contributed by atoms with Crippen LogP contribution in [0.1, 0.15) is 38.5 Å². The van der Waals surface area contributed by atoms with Gasteiger partial charge in [0.2, 0.25) is 10.0 Å². The zero-order valence-corrected chi connectivity index (χ0v) is 15.2. The lowest BCUT2D eigenvalue weighted by Crippen LogP contribution is -2.37. The second kappa shape index (κ2) is 9.12. The summed E-state index contributed by atoms with van der Waals surface area (Å²) in [5.41, 5.74) is -0.497. The summed E-state index contributed by atoms with van der Waals surface area (Å²) < 4.78 is 32.1. The van der Waals surface area contributed by atoms with Crippen LogP contribution in [0.2, 0.25) is 0 Å². The number of benzene rings is 1. The van der Waals surface area contributed by atoms with Crippen LogP contribution in [0, 0.1) is 10.1 Å². The molecule has 9 heteroatoms. The lowest BCUT2D eigenvalue weighted by molar-refractivity contribution is -0.387. The lowest BCUT2D eigenvalue weighted by atomic mass is 10.1. The van der Waals surface area contributed by atoms with Gasteiger partial charge in [-0.05, 0) is 25.0 Å². The Balaban J connectivity index is 1.95. The van der Waals surface area contributed by atoms with Crippen LogP contribution in [0.5, 0.6) is 5.75 Å². The van der Waals surface area contributed by atoms with Gasteiger partial charge in [-0.25, -0.2) is 13.1 Å². The van der Waals surface area contributed by atoms with E-state index in [1.165, 1.54) is 44.9 Å². The molecule has 1 aromatic rings. The second-order valence-electron chi connectivity index (χ2n) is 6.13. The van der Waals surface area contributed by atoms with E-state index < -0.39 is 20.6 Å². The van der Waals surface area contributed by atoms with Gasteiger partial charge in [-0.2, -0.15) is 0 Å². The summed E-state index contributed by atoms with van der Waals surface area (Å²) in [7, 11) is -2.59. The van der Waals surface area contributed by atoms with Crippen LogP contribution < -0.4 is 14.8 Å². The van der Waals surface area contributed by atoms with E-state index in [4.69, 9.17) is 4.74 Å². The van der Waals surface area contributed by atoms with Crippen molar-refractivity contribution in [2.45, 2.75) is 49.5 Å². The van der Waals surface area contributed by atoms with Gasteiger partial charge in [0.05, 0.1) is 18.1 Å². The van der Waals surface area contributed by atoms with Gasteiger partial charge < -0.3 is 10.1 Å². The van der Waals surface area contributed by atoms with Crippen LogP contribution in [0.25, 0.3) is 0 Å². The first-order chi connectivity index (χ1) is 11.9. The van der Waals surface area contributed by atoms with Gasteiger partial charge in [-0.15, -0.1) is 0 Å². The van der Waals surface area contributed by atoms with Crippen LogP contribution in [0.3, 0.4) is 0 Å². The Morgan fingerprint density at radius 1 is 1.20 bits per heavy atom. The van der Waals surface area contributed by atoms with Crippen molar-refractivity contribution < 1.29 is 18.1 Å². The van der Waals surface area contributed by atoms with Crippen molar-refractivity contribution in [2.75, 3.05) is 20.2 Å². The van der Waals surface area contributed by atoms with Crippen LogP contribution in [0.15, 0.2) is 23.1 Å². The molecule has 0 aromatic heterocycles. The monoisotopic (exact) mass is 371 g/mol. The van der Waals surface area contributed by atoms with Crippen molar-refractivity contribution in [2.24, 2.45) is 0 Å². The maximum absolute atomic E-state index is 12.4. The fraction of sp³-hybridized carbons (Fsp3) is 0.625. The summed E-state index contributed by atoms with van der Waals surface area (Å²) >= 11 is 0. The molecule has 0 radical (unpaired) electrons. The first kappa shape index (κ1) is 19.6. The molecule has 1 aliphatic carbocycles. The number of nitro benzene ring substituents is 1. The summed E-state index contributed by atoms with van der Waals surface area (Å²) in [4.78, 5) is 10.1. The number of hydrogen-bond donors (Lipinski definition) is 2. The average molecular weight is 371 g/mol. The second-order valence-corrected chi connectivity index (χ2v) is 7.87. The lowest BCUT2D eigenvalue weighted by Gasteiger charge is -2.16. The molecule has 0 spiro atoms. The number of hydrogen-bond acceptors (Lipinski definition) is 6. The number of rotatable bonds is 8. The normalized spacial score (nSPS) is 16.4. The van der Waals surface area contributed by atoms with E-state index in [9.17, 15) is 18.5 Å². The predicted octanol–water partition coefficient (Wildman–Crippen LogP) is 2.19. The minimum atomic E-state index is -3.96. The molecule has 0 saturated heterocycles. The fourth-order valence-electron chi connectivity index (χ4n) is 3.02. The molecule has 2 rings (SSSR count). The van der Waals surface area contributed by atoms with Crippen LogP contribution in [-0.4, -0.2) is 39.6 Å². The van der Waals surface area contributed by atoms with E-state index in [1.807, 2.05) is 0 Å². The SMILES string of the molecule is COc1ccc(S(=O)(=O)NCCNC2CCCCCC2)c([N+](=O)[O-])c1. The minimum absolute atomic E-state index is 0.183. The molecule has 0 bridgehead atoms. The third-order valence-electron chi connectivity index (χ3n) is 4.36. The Labute approximate surface area is 148 Å². The Morgan fingerprint density at radius 2 is 1.88 bits per heavy atom. The number of nitrogens with zero attached hydrogens (tertiary/aromatic N) is 1. The minimum Gasteiger partial charge on any atom is -0.497 e. The third kappa shape index (κ3) is 5.65. The van der Waals surface area contributed by atoms with E-state index in [-0.39, 0.29) is 17.2 Å². The van der Waals surface area contributed by atoms with Gasteiger partial charge in [0.25, 0.3) is 5.69 Å². The third-order valence-corrected chi connectivity index (χ3v) is 5.87. The summed E-state index contributed by atoms with van der Waals surface area (Å²) in [5, 5.41) is 14.5. The Bertz CT molecular complexity index is 685. The van der Waals surface area contributed by atoms with E-state index in [0.29, 0.717) is 12.6 Å². The molecule has 140 valence electrons. The first-order valence-electron chi connectivity index (χ1n) is 8.49. The van der Waals surface area contributed by atoms with Crippen molar-refractivity contribution in [3.05, 3.63) is 28.3 Å². The maximum atomic E-state index is 12.4. The van der Waals surface area contributed by atoms with Gasteiger partial charge in [0, 0.05) is 19.1 Å². The molecule has 1 aliphatic rings. The number of sulfonamides is 1. The van der Waals surface area contributed by atoms with Crippen LogP contribution in [-0.2, 0) is 10.0 Å². The standard InChI is InChI=1S/C16H25N3O5S/c1-24-14-8-9-16(15(12-14)19(20)21)25(22,23)18-11-10-17-13-6-4-2-3-5-7-13/h8-9,12-13,17-18H,2-7,10-11H2,1H3. The quantitative estimate of drug-likeness (QED) is 0.314. The summed E-state index contributed by atoms with van der Waals surface area (Å²) in [6.07, 6.45) is 7.12. The Morgan fingerprint density at radius 3 is 2.48 bits per heavy atom. The maximum Gasteiger partial charge on any atom is 0.293 e. The molecule has 2 N–H and O–H groups in total. The van der Waals surface area contributed by atoms with E-state index in [0.717, 1.165) is 18.9 Å². The van der Waals surface area contributed by atoms with Gasteiger partial charge in [0.1, 0.15) is 5.75 Å². The van der Waals surface area contributed by atoms with Gasteiger partial charge in [0.15, 0.2) is 4.90 Å². The predicted molar refractivity (Wildman–Crippen MR) is 94.3 cm³/mol. The van der Waals surface area contributed by atoms with E-state index in [1.54, 1.807) is 0 Å². The molecule has 0 atom stereocenters. The highest BCUT2D eigenvalue weighted by Crippen LogP contribution is 2.28. The molecular weight excluding hydrogens is 346 g/mol. The van der Waals surface area contributed by atoms with Gasteiger partial charge in [-0.3, -0.25) is 10.1 Å². The highest BCUT2D eigenvalue weighted by molar-refractivity contribution is 7.89. The zero-order valence-electron chi connectivity index (χ0n) is 14.4. The molecule has 8 nitrogen and oxygen atoms in total. The number of nitro groups is 1. The first-order valence-corrected chi connectivity index (χ1v) is 9.98. The molecule has 1 fully saturated rings. The number of methoxy groups -OCH3 is 1. The van der Waals surface area contributed by atoms with Crippen LogP contribution in [0.4, 0.5) is 5.69 Å². The van der Waals surface area contributed by atoms with Crippen molar-refractivity contribution in [1.29, 1.82) is 0 Å². The highest BCUT2D eigenvalue weighted by atomic mass is 32.2. The molecule has 0 unspecified atom stereocenters. The Kier molecular flexibility index (Phi) is 7.15. The highest BCUT2D eigenvalue weighted by Gasteiger charge is 2.26. The van der Waals surface area contributed by atoms with E-state index in [2.05, 4.69) is 10.0 Å². The van der Waals surface area contributed by atoms with E-state index >= 15 is 0 Å². The fourth-order valence-corrected chi connectivity index (χ4v) is 4.20. The number of nitrogens with one attached hydrogen (secondary N) is 2. The molecule has 1 saturated carbocycles. The zero-order chi connectivity index (χ0) is 18.3. The average Bonchev–Trinajstić information content (AvgIpc) is 2.87. The van der Waals surface area contributed by atoms with Crippen LogP contribution >= 0.6 is 0 Å².